The second-order valence-corrected chi connectivity index (χ2v) is 5.32. The third kappa shape index (κ3) is 5.10. The molecule has 1 aromatic carbocycles. The summed E-state index contributed by atoms with van der Waals surface area (Å²) in [6, 6.07) is 8.11. The van der Waals surface area contributed by atoms with Gasteiger partial charge in [-0.05, 0) is 44.1 Å². The second kappa shape index (κ2) is 6.38. The van der Waals surface area contributed by atoms with Gasteiger partial charge in [0, 0.05) is 10.9 Å². The molecule has 0 heterocycles. The molecular formula is C13H20BrNO. The highest BCUT2D eigenvalue weighted by Crippen LogP contribution is 2.18. The van der Waals surface area contributed by atoms with E-state index in [9.17, 15) is 5.11 Å². The van der Waals surface area contributed by atoms with E-state index in [1.54, 1.807) is 0 Å². The Morgan fingerprint density at radius 2 is 1.94 bits per heavy atom. The number of aliphatic hydroxyl groups is 1. The van der Waals surface area contributed by atoms with Gasteiger partial charge in [0.1, 0.15) is 0 Å². The summed E-state index contributed by atoms with van der Waals surface area (Å²) in [7, 11) is 0. The summed E-state index contributed by atoms with van der Waals surface area (Å²) in [5.41, 5.74) is 0.542. The summed E-state index contributed by atoms with van der Waals surface area (Å²) >= 11 is 3.40. The van der Waals surface area contributed by atoms with Crippen LogP contribution in [0.5, 0.6) is 0 Å². The van der Waals surface area contributed by atoms with Crippen molar-refractivity contribution < 1.29 is 5.11 Å². The molecule has 90 valence electrons. The molecule has 0 aliphatic rings. The predicted octanol–water partition coefficient (Wildman–Crippen LogP) is 2.74. The van der Waals surface area contributed by atoms with Gasteiger partial charge in [0.15, 0.2) is 0 Å². The Balaban J connectivity index is 2.48. The Hall–Kier alpha value is -0.380. The third-order valence-corrected chi connectivity index (χ3v) is 3.12. The summed E-state index contributed by atoms with van der Waals surface area (Å²) in [4.78, 5) is 0. The molecule has 2 N–H and O–H groups in total. The predicted molar refractivity (Wildman–Crippen MR) is 71.6 cm³/mol. The third-order valence-electron chi connectivity index (χ3n) is 2.59. The number of hydrogen-bond donors (Lipinski definition) is 2. The molecule has 16 heavy (non-hydrogen) atoms. The van der Waals surface area contributed by atoms with Crippen LogP contribution in [0.2, 0.25) is 0 Å². The molecule has 0 aliphatic carbocycles. The lowest BCUT2D eigenvalue weighted by molar-refractivity contribution is 0.0517. The topological polar surface area (TPSA) is 32.3 Å². The summed E-state index contributed by atoms with van der Waals surface area (Å²) < 4.78 is 1.07. The molecule has 1 atom stereocenters. The van der Waals surface area contributed by atoms with Gasteiger partial charge in [0.05, 0.1) is 5.60 Å². The lowest BCUT2D eigenvalue weighted by Crippen LogP contribution is -2.32. The highest BCUT2D eigenvalue weighted by atomic mass is 79.9. The zero-order valence-electron chi connectivity index (χ0n) is 9.96. The lowest BCUT2D eigenvalue weighted by Gasteiger charge is -2.23. The number of hydrogen-bond acceptors (Lipinski definition) is 2. The van der Waals surface area contributed by atoms with Crippen LogP contribution < -0.4 is 5.32 Å². The molecule has 0 aliphatic heterocycles. The maximum atomic E-state index is 10.2. The zero-order valence-corrected chi connectivity index (χ0v) is 11.5. The summed E-state index contributed by atoms with van der Waals surface area (Å²) in [6.45, 7) is 5.78. The van der Waals surface area contributed by atoms with E-state index in [4.69, 9.17) is 0 Å². The van der Waals surface area contributed by atoms with E-state index < -0.39 is 5.60 Å². The van der Waals surface area contributed by atoms with Gasteiger partial charge in [0.2, 0.25) is 0 Å². The van der Waals surface area contributed by atoms with Crippen molar-refractivity contribution in [3.63, 3.8) is 0 Å². The van der Waals surface area contributed by atoms with Gasteiger partial charge in [-0.1, -0.05) is 35.0 Å². The number of nitrogens with one attached hydrogen (secondary N) is 1. The van der Waals surface area contributed by atoms with Gasteiger partial charge in [-0.15, -0.1) is 0 Å². The largest absolute Gasteiger partial charge is 0.390 e. The first-order chi connectivity index (χ1) is 7.53. The van der Waals surface area contributed by atoms with Crippen molar-refractivity contribution in [2.75, 3.05) is 13.1 Å². The van der Waals surface area contributed by atoms with Gasteiger partial charge in [-0.3, -0.25) is 0 Å². The molecule has 0 amide bonds. The Morgan fingerprint density at radius 3 is 2.50 bits per heavy atom. The SMILES string of the molecule is CCNCCC(C)(O)Cc1ccc(Br)cc1. The molecule has 0 saturated carbocycles. The number of benzene rings is 1. The van der Waals surface area contributed by atoms with Crippen LogP contribution in [0, 0.1) is 0 Å². The van der Waals surface area contributed by atoms with Crippen molar-refractivity contribution in [3.05, 3.63) is 34.3 Å². The molecule has 0 aromatic heterocycles. The van der Waals surface area contributed by atoms with Gasteiger partial charge in [0.25, 0.3) is 0 Å². The monoisotopic (exact) mass is 285 g/mol. The van der Waals surface area contributed by atoms with Crippen molar-refractivity contribution in [1.29, 1.82) is 0 Å². The molecule has 1 rings (SSSR count). The standard InChI is InChI=1S/C13H20BrNO/c1-3-15-9-8-13(2,16)10-11-4-6-12(14)7-5-11/h4-7,15-16H,3,8-10H2,1-2H3. The smallest absolute Gasteiger partial charge is 0.0672 e. The van der Waals surface area contributed by atoms with Crippen molar-refractivity contribution >= 4 is 15.9 Å². The molecule has 1 unspecified atom stereocenters. The molecule has 0 fully saturated rings. The van der Waals surface area contributed by atoms with Gasteiger partial charge < -0.3 is 10.4 Å². The lowest BCUT2D eigenvalue weighted by atomic mass is 9.93. The Bertz CT molecular complexity index is 308. The Morgan fingerprint density at radius 1 is 1.31 bits per heavy atom. The first kappa shape index (κ1) is 13.7. The van der Waals surface area contributed by atoms with Gasteiger partial charge in [-0.2, -0.15) is 0 Å². The van der Waals surface area contributed by atoms with Crippen LogP contribution in [0.3, 0.4) is 0 Å². The Labute approximate surface area is 106 Å². The van der Waals surface area contributed by atoms with Crippen LogP contribution in [0.4, 0.5) is 0 Å². The van der Waals surface area contributed by atoms with Crippen molar-refractivity contribution in [2.45, 2.75) is 32.3 Å². The minimum atomic E-state index is -0.629. The average Bonchev–Trinajstić information content (AvgIpc) is 2.21. The fraction of sp³-hybridized carbons (Fsp3) is 0.538. The molecule has 3 heteroatoms. The van der Waals surface area contributed by atoms with Crippen LogP contribution in [0.1, 0.15) is 25.8 Å². The van der Waals surface area contributed by atoms with Crippen LogP contribution in [-0.2, 0) is 6.42 Å². The van der Waals surface area contributed by atoms with Crippen molar-refractivity contribution in [2.24, 2.45) is 0 Å². The molecular weight excluding hydrogens is 266 g/mol. The highest BCUT2D eigenvalue weighted by Gasteiger charge is 2.19. The molecule has 0 saturated heterocycles. The second-order valence-electron chi connectivity index (χ2n) is 4.40. The number of rotatable bonds is 6. The fourth-order valence-electron chi connectivity index (χ4n) is 1.66. The van der Waals surface area contributed by atoms with Crippen LogP contribution in [0.15, 0.2) is 28.7 Å². The summed E-state index contributed by atoms with van der Waals surface area (Å²) in [6.07, 6.45) is 1.47. The first-order valence-electron chi connectivity index (χ1n) is 5.71. The van der Waals surface area contributed by atoms with E-state index in [0.29, 0.717) is 6.42 Å². The van der Waals surface area contributed by atoms with E-state index in [1.807, 2.05) is 31.2 Å². The normalized spacial score (nSPS) is 14.8. The molecule has 0 bridgehead atoms. The average molecular weight is 286 g/mol. The Kier molecular flexibility index (Phi) is 5.46. The van der Waals surface area contributed by atoms with E-state index in [2.05, 4.69) is 28.2 Å². The van der Waals surface area contributed by atoms with E-state index in [-0.39, 0.29) is 0 Å². The van der Waals surface area contributed by atoms with Crippen LogP contribution in [-0.4, -0.2) is 23.8 Å². The minimum Gasteiger partial charge on any atom is -0.390 e. The maximum absolute atomic E-state index is 10.2. The maximum Gasteiger partial charge on any atom is 0.0672 e. The van der Waals surface area contributed by atoms with E-state index in [0.717, 1.165) is 24.0 Å². The van der Waals surface area contributed by atoms with E-state index >= 15 is 0 Å². The minimum absolute atomic E-state index is 0.629. The quantitative estimate of drug-likeness (QED) is 0.788. The molecule has 1 aromatic rings. The fourth-order valence-corrected chi connectivity index (χ4v) is 1.93. The van der Waals surface area contributed by atoms with Crippen LogP contribution >= 0.6 is 15.9 Å². The first-order valence-corrected chi connectivity index (χ1v) is 6.50. The van der Waals surface area contributed by atoms with Gasteiger partial charge >= 0.3 is 0 Å². The van der Waals surface area contributed by atoms with Crippen molar-refractivity contribution in [3.8, 4) is 0 Å². The molecule has 0 spiro atoms. The summed E-state index contributed by atoms with van der Waals surface area (Å²) in [5.74, 6) is 0. The molecule has 2 nitrogen and oxygen atoms in total. The zero-order chi connectivity index (χ0) is 12.0. The highest BCUT2D eigenvalue weighted by molar-refractivity contribution is 9.10. The molecule has 0 radical (unpaired) electrons. The van der Waals surface area contributed by atoms with E-state index in [1.165, 1.54) is 5.56 Å². The van der Waals surface area contributed by atoms with Crippen LogP contribution in [0.25, 0.3) is 0 Å². The number of halogens is 1. The van der Waals surface area contributed by atoms with Crippen molar-refractivity contribution in [1.82, 2.24) is 5.32 Å². The summed E-state index contributed by atoms with van der Waals surface area (Å²) in [5, 5.41) is 13.4. The van der Waals surface area contributed by atoms with Gasteiger partial charge in [-0.25, -0.2) is 0 Å².